The van der Waals surface area contributed by atoms with E-state index in [1.807, 2.05) is 36.4 Å². The summed E-state index contributed by atoms with van der Waals surface area (Å²) in [6.45, 7) is 6.34. The number of nitrogens with zero attached hydrogens (tertiary/aromatic N) is 3. The molecule has 1 saturated heterocycles. The van der Waals surface area contributed by atoms with Gasteiger partial charge in [-0.2, -0.15) is 5.26 Å². The van der Waals surface area contributed by atoms with Crippen LogP contribution < -0.4 is 0 Å². The average Bonchev–Trinajstić information content (AvgIpc) is 2.49. The first kappa shape index (κ1) is 16.0. The van der Waals surface area contributed by atoms with Gasteiger partial charge in [0.1, 0.15) is 11.3 Å². The molecule has 112 valence electrons. The van der Waals surface area contributed by atoms with Crippen molar-refractivity contribution in [2.24, 2.45) is 0 Å². The lowest BCUT2D eigenvalue weighted by molar-refractivity contribution is 0.0520. The molecule has 1 heterocycles. The first-order valence-electron chi connectivity index (χ1n) is 6.79. The van der Waals surface area contributed by atoms with E-state index in [1.165, 1.54) is 6.07 Å². The number of piperazine rings is 1. The minimum absolute atomic E-state index is 0.0730. The van der Waals surface area contributed by atoms with Crippen LogP contribution in [-0.4, -0.2) is 52.5 Å². The second-order valence-corrected chi connectivity index (χ2v) is 6.78. The third-order valence-electron chi connectivity index (χ3n) is 3.82. The quantitative estimate of drug-likeness (QED) is 0.774. The summed E-state index contributed by atoms with van der Waals surface area (Å²) >= 11 is 2.02. The molecular formula is C15H18IN3O2. The average molecular weight is 399 g/mol. The lowest BCUT2D eigenvalue weighted by atomic mass is 10.0. The summed E-state index contributed by atoms with van der Waals surface area (Å²) in [6, 6.07) is 7.26. The van der Waals surface area contributed by atoms with Crippen LogP contribution in [0.1, 0.15) is 24.2 Å². The van der Waals surface area contributed by atoms with Crippen molar-refractivity contribution in [3.63, 3.8) is 0 Å². The van der Waals surface area contributed by atoms with E-state index in [-0.39, 0.29) is 11.7 Å². The topological polar surface area (TPSA) is 67.6 Å². The Morgan fingerprint density at radius 3 is 2.48 bits per heavy atom. The lowest BCUT2D eigenvalue weighted by Crippen LogP contribution is -2.55. The summed E-state index contributed by atoms with van der Waals surface area (Å²) in [6.07, 6.45) is 0. The highest BCUT2D eigenvalue weighted by Gasteiger charge is 2.31. The summed E-state index contributed by atoms with van der Waals surface area (Å²) in [5.41, 5.74) is -0.00286. The molecule has 0 aromatic heterocycles. The van der Waals surface area contributed by atoms with Crippen LogP contribution in [0, 0.1) is 14.9 Å². The van der Waals surface area contributed by atoms with Crippen LogP contribution in [-0.2, 0) is 0 Å². The highest BCUT2D eigenvalue weighted by atomic mass is 127. The molecule has 0 radical (unpaired) electrons. The summed E-state index contributed by atoms with van der Waals surface area (Å²) in [5, 5.41) is 18.9. The molecule has 1 aromatic carbocycles. The van der Waals surface area contributed by atoms with Gasteiger partial charge in [-0.3, -0.25) is 9.69 Å². The van der Waals surface area contributed by atoms with Crippen molar-refractivity contribution in [3.05, 3.63) is 27.3 Å². The van der Waals surface area contributed by atoms with E-state index in [9.17, 15) is 9.90 Å². The number of aromatic hydroxyl groups is 1. The zero-order chi connectivity index (χ0) is 15.6. The molecule has 0 bridgehead atoms. The molecule has 0 spiro atoms. The summed E-state index contributed by atoms with van der Waals surface area (Å²) in [5.74, 6) is 0.0572. The Labute approximate surface area is 138 Å². The molecule has 0 saturated carbocycles. The van der Waals surface area contributed by atoms with Crippen molar-refractivity contribution in [1.82, 2.24) is 9.80 Å². The van der Waals surface area contributed by atoms with E-state index in [0.717, 1.165) is 3.57 Å². The number of phenolic OH excluding ortho intramolecular Hbond substituents is 1. The zero-order valence-electron chi connectivity index (χ0n) is 12.1. The van der Waals surface area contributed by atoms with E-state index >= 15 is 0 Å². The third kappa shape index (κ3) is 3.47. The molecule has 1 N–H and O–H groups in total. The first-order valence-corrected chi connectivity index (χ1v) is 7.87. The number of carbonyl (C=O) groups is 1. The second-order valence-electron chi connectivity index (χ2n) is 5.62. The number of phenols is 1. The predicted octanol–water partition coefficient (Wildman–Crippen LogP) is 2.06. The van der Waals surface area contributed by atoms with Crippen LogP contribution in [0.15, 0.2) is 18.2 Å². The molecule has 2 rings (SSSR count). The number of benzene rings is 1. The van der Waals surface area contributed by atoms with Crippen LogP contribution in [0.5, 0.6) is 5.75 Å². The molecule has 5 nitrogen and oxygen atoms in total. The van der Waals surface area contributed by atoms with Gasteiger partial charge in [-0.1, -0.05) is 0 Å². The van der Waals surface area contributed by atoms with Crippen LogP contribution in [0.4, 0.5) is 0 Å². The monoisotopic (exact) mass is 399 g/mol. The number of halogens is 1. The fourth-order valence-electron chi connectivity index (χ4n) is 2.37. The molecule has 1 fully saturated rings. The Morgan fingerprint density at radius 1 is 1.33 bits per heavy atom. The molecule has 6 heteroatoms. The van der Waals surface area contributed by atoms with E-state index < -0.39 is 5.54 Å². The minimum atomic E-state index is -0.504. The Morgan fingerprint density at radius 2 is 1.95 bits per heavy atom. The molecule has 21 heavy (non-hydrogen) atoms. The van der Waals surface area contributed by atoms with Gasteiger partial charge in [0.2, 0.25) is 0 Å². The SMILES string of the molecule is CC(C)(C#N)N1CCN(C(=O)c2ccc(I)c(O)c2)CC1. The van der Waals surface area contributed by atoms with E-state index in [2.05, 4.69) is 11.0 Å². The molecule has 1 aromatic rings. The molecule has 1 aliphatic rings. The number of amides is 1. The summed E-state index contributed by atoms with van der Waals surface area (Å²) in [7, 11) is 0. The fourth-order valence-corrected chi connectivity index (χ4v) is 2.70. The normalized spacial score (nSPS) is 16.6. The number of hydrogen-bond donors (Lipinski definition) is 1. The van der Waals surface area contributed by atoms with Gasteiger partial charge in [0.25, 0.3) is 5.91 Å². The third-order valence-corrected chi connectivity index (χ3v) is 4.74. The molecular weight excluding hydrogens is 381 g/mol. The van der Waals surface area contributed by atoms with Crippen molar-refractivity contribution in [2.75, 3.05) is 26.2 Å². The molecule has 1 amide bonds. The van der Waals surface area contributed by atoms with Gasteiger partial charge in [0.15, 0.2) is 0 Å². The predicted molar refractivity (Wildman–Crippen MR) is 88.0 cm³/mol. The van der Waals surface area contributed by atoms with Crippen molar-refractivity contribution in [3.8, 4) is 11.8 Å². The Hall–Kier alpha value is -1.33. The standard InChI is InChI=1S/C15H18IN3O2/c1-15(2,10-17)19-7-5-18(6-8-19)14(21)11-3-4-12(16)13(20)9-11/h3-4,9,20H,5-8H2,1-2H3. The number of hydrogen-bond acceptors (Lipinski definition) is 4. The minimum Gasteiger partial charge on any atom is -0.507 e. The summed E-state index contributed by atoms with van der Waals surface area (Å²) in [4.78, 5) is 16.3. The number of nitriles is 1. The van der Waals surface area contributed by atoms with Gasteiger partial charge in [-0.05, 0) is 54.6 Å². The largest absolute Gasteiger partial charge is 0.507 e. The van der Waals surface area contributed by atoms with Crippen molar-refractivity contribution in [2.45, 2.75) is 19.4 Å². The second kappa shape index (κ2) is 6.20. The molecule has 0 atom stereocenters. The number of carbonyl (C=O) groups excluding carboxylic acids is 1. The lowest BCUT2D eigenvalue weighted by Gasteiger charge is -2.40. The number of rotatable bonds is 2. The maximum Gasteiger partial charge on any atom is 0.254 e. The van der Waals surface area contributed by atoms with Crippen molar-refractivity contribution in [1.29, 1.82) is 5.26 Å². The van der Waals surface area contributed by atoms with E-state index in [0.29, 0.717) is 31.7 Å². The fraction of sp³-hybridized carbons (Fsp3) is 0.467. The van der Waals surface area contributed by atoms with Crippen LogP contribution >= 0.6 is 22.6 Å². The van der Waals surface area contributed by atoms with Gasteiger partial charge >= 0.3 is 0 Å². The van der Waals surface area contributed by atoms with Crippen molar-refractivity contribution < 1.29 is 9.90 Å². The maximum absolute atomic E-state index is 12.4. The van der Waals surface area contributed by atoms with E-state index in [4.69, 9.17) is 5.26 Å². The highest BCUT2D eigenvalue weighted by molar-refractivity contribution is 14.1. The molecule has 0 unspecified atom stereocenters. The summed E-state index contributed by atoms with van der Waals surface area (Å²) < 4.78 is 0.727. The first-order chi connectivity index (χ1) is 9.85. The van der Waals surface area contributed by atoms with Crippen molar-refractivity contribution >= 4 is 28.5 Å². The maximum atomic E-state index is 12.4. The van der Waals surface area contributed by atoms with Crippen LogP contribution in [0.3, 0.4) is 0 Å². The van der Waals surface area contributed by atoms with Crippen LogP contribution in [0.2, 0.25) is 0 Å². The zero-order valence-corrected chi connectivity index (χ0v) is 14.3. The Kier molecular flexibility index (Phi) is 4.74. The smallest absolute Gasteiger partial charge is 0.254 e. The van der Waals surface area contributed by atoms with Gasteiger partial charge in [0.05, 0.1) is 9.64 Å². The Balaban J connectivity index is 2.04. The molecule has 1 aliphatic heterocycles. The van der Waals surface area contributed by atoms with Gasteiger partial charge in [-0.15, -0.1) is 0 Å². The highest BCUT2D eigenvalue weighted by Crippen LogP contribution is 2.22. The van der Waals surface area contributed by atoms with Crippen LogP contribution in [0.25, 0.3) is 0 Å². The van der Waals surface area contributed by atoms with Gasteiger partial charge in [-0.25, -0.2) is 0 Å². The van der Waals surface area contributed by atoms with E-state index in [1.54, 1.807) is 17.0 Å². The van der Waals surface area contributed by atoms with Gasteiger partial charge < -0.3 is 10.0 Å². The van der Waals surface area contributed by atoms with Gasteiger partial charge in [0, 0.05) is 31.7 Å². The Bertz CT molecular complexity index is 587. The molecule has 0 aliphatic carbocycles.